The summed E-state index contributed by atoms with van der Waals surface area (Å²) < 4.78 is 32.6. The van der Waals surface area contributed by atoms with E-state index in [1.165, 1.54) is 23.8 Å². The van der Waals surface area contributed by atoms with Crippen LogP contribution in [0.1, 0.15) is 31.2 Å². The monoisotopic (exact) mass is 641 g/mol. The van der Waals surface area contributed by atoms with Crippen LogP contribution in [0, 0.1) is 15.9 Å². The van der Waals surface area contributed by atoms with Crippen molar-refractivity contribution in [1.29, 1.82) is 0 Å². The van der Waals surface area contributed by atoms with Gasteiger partial charge in [0.25, 0.3) is 5.56 Å². The van der Waals surface area contributed by atoms with Gasteiger partial charge in [0.1, 0.15) is 17.3 Å². The number of hydrogen-bond donors (Lipinski definition) is 0. The van der Waals surface area contributed by atoms with Gasteiger partial charge in [-0.15, -0.1) is 0 Å². The Morgan fingerprint density at radius 1 is 1.27 bits per heavy atom. The Hall–Kier alpha value is -4.36. The molecule has 0 radical (unpaired) electrons. The van der Waals surface area contributed by atoms with Gasteiger partial charge in [-0.1, -0.05) is 17.4 Å². The topological polar surface area (TPSA) is 126 Å². The molecule has 0 saturated carbocycles. The van der Waals surface area contributed by atoms with Gasteiger partial charge in [-0.2, -0.15) is 4.39 Å². The summed E-state index contributed by atoms with van der Waals surface area (Å²) in [7, 11) is 1.54. The first-order chi connectivity index (χ1) is 19.6. The van der Waals surface area contributed by atoms with Gasteiger partial charge in [-0.25, -0.2) is 9.79 Å². The number of methoxy groups -OCH3 is 1. The molecule has 0 fully saturated rings. The Labute approximate surface area is 243 Å². The number of halogens is 2. The van der Waals surface area contributed by atoms with E-state index >= 15 is 0 Å². The molecule has 0 amide bonds. The van der Waals surface area contributed by atoms with E-state index in [1.54, 1.807) is 44.2 Å². The zero-order valence-corrected chi connectivity index (χ0v) is 24.2. The number of carbonyl (C=O) groups excluding carboxylic acids is 1. The number of nitro groups is 1. The summed E-state index contributed by atoms with van der Waals surface area (Å²) >= 11 is 4.60. The lowest BCUT2D eigenvalue weighted by Crippen LogP contribution is -2.39. The van der Waals surface area contributed by atoms with Gasteiger partial charge in [0, 0.05) is 17.7 Å². The number of aromatic nitrogens is 1. The fraction of sp³-hybridized carbons (Fsp3) is 0.179. The van der Waals surface area contributed by atoms with Gasteiger partial charge in [0.05, 0.1) is 45.0 Å². The standard InChI is InChI=1S/C28H21BrFN3O7S/c1-4-39-27(35)24-14(2)31-28-32(25(24)16-6-9-22(38-3)18(29)11-16)26(34)23(41-28)13-17-7-10-21(40-17)15-5-8-19(30)20(12-15)33(36)37/h5-13,25H,4H2,1-3H3/b23-13-/t25-/m0/s1. The van der Waals surface area contributed by atoms with E-state index in [0.717, 1.165) is 23.5 Å². The maximum Gasteiger partial charge on any atom is 0.338 e. The zero-order chi connectivity index (χ0) is 29.4. The van der Waals surface area contributed by atoms with Gasteiger partial charge < -0.3 is 13.9 Å². The van der Waals surface area contributed by atoms with Crippen molar-refractivity contribution in [2.75, 3.05) is 13.7 Å². The number of allylic oxidation sites excluding steroid dienone is 1. The van der Waals surface area contributed by atoms with E-state index < -0.39 is 34.0 Å². The number of esters is 1. The number of rotatable bonds is 7. The van der Waals surface area contributed by atoms with Gasteiger partial charge in [-0.05, 0) is 71.7 Å². The number of nitrogens with zero attached hydrogens (tertiary/aromatic N) is 3. The lowest BCUT2D eigenvalue weighted by Gasteiger charge is -2.25. The van der Waals surface area contributed by atoms with Crippen molar-refractivity contribution in [3.63, 3.8) is 0 Å². The summed E-state index contributed by atoms with van der Waals surface area (Å²) in [5, 5.41) is 11.1. The second kappa shape index (κ2) is 11.3. The smallest absolute Gasteiger partial charge is 0.338 e. The number of benzene rings is 2. The Morgan fingerprint density at radius 2 is 2.05 bits per heavy atom. The molecular formula is C28H21BrFN3O7S. The normalized spacial score (nSPS) is 15.0. The Balaban J connectivity index is 1.63. The third-order valence-corrected chi connectivity index (χ3v) is 7.94. The molecule has 13 heteroatoms. The number of ether oxygens (including phenoxy) is 2. The summed E-state index contributed by atoms with van der Waals surface area (Å²) in [5.41, 5.74) is 0.523. The van der Waals surface area contributed by atoms with Crippen molar-refractivity contribution >= 4 is 45.0 Å². The molecule has 0 aliphatic carbocycles. The summed E-state index contributed by atoms with van der Waals surface area (Å²) in [6.45, 7) is 3.54. The number of fused-ring (bicyclic) bond motifs is 1. The molecule has 0 spiro atoms. The minimum absolute atomic E-state index is 0.150. The quantitative estimate of drug-likeness (QED) is 0.160. The molecule has 1 aliphatic heterocycles. The minimum Gasteiger partial charge on any atom is -0.496 e. The summed E-state index contributed by atoms with van der Waals surface area (Å²) in [6, 6.07) is 11.1. The largest absolute Gasteiger partial charge is 0.496 e. The molecular weight excluding hydrogens is 621 g/mol. The van der Waals surface area contributed by atoms with E-state index in [4.69, 9.17) is 13.9 Å². The molecule has 2 aromatic carbocycles. The number of nitro benzene ring substituents is 1. The van der Waals surface area contributed by atoms with E-state index in [1.807, 2.05) is 0 Å². The number of hydrogen-bond acceptors (Lipinski definition) is 9. The van der Waals surface area contributed by atoms with Crippen molar-refractivity contribution in [2.24, 2.45) is 4.99 Å². The van der Waals surface area contributed by atoms with Crippen LogP contribution in [0.5, 0.6) is 5.75 Å². The molecule has 0 N–H and O–H groups in total. The number of furan rings is 1. The molecule has 1 atom stereocenters. The summed E-state index contributed by atoms with van der Waals surface area (Å²) in [4.78, 5) is 42.1. The van der Waals surface area contributed by atoms with Crippen LogP contribution in [-0.4, -0.2) is 29.2 Å². The zero-order valence-electron chi connectivity index (χ0n) is 21.8. The van der Waals surface area contributed by atoms with Crippen LogP contribution in [-0.2, 0) is 9.53 Å². The van der Waals surface area contributed by atoms with Crippen molar-refractivity contribution in [3.05, 3.63) is 111 Å². The van der Waals surface area contributed by atoms with Gasteiger partial charge in [-0.3, -0.25) is 19.5 Å². The summed E-state index contributed by atoms with van der Waals surface area (Å²) in [6.07, 6.45) is 1.52. The average molecular weight is 642 g/mol. The van der Waals surface area contributed by atoms with Crippen LogP contribution in [0.2, 0.25) is 0 Å². The number of thiazole rings is 1. The molecule has 3 heterocycles. The third kappa shape index (κ3) is 5.25. The fourth-order valence-electron chi connectivity index (χ4n) is 4.48. The highest BCUT2D eigenvalue weighted by molar-refractivity contribution is 9.10. The summed E-state index contributed by atoms with van der Waals surface area (Å²) in [5.74, 6) is -0.401. The molecule has 10 nitrogen and oxygen atoms in total. The van der Waals surface area contributed by atoms with Crippen molar-refractivity contribution in [2.45, 2.75) is 19.9 Å². The predicted octanol–water partition coefficient (Wildman–Crippen LogP) is 4.88. The number of carbonyl (C=O) groups is 1. The van der Waals surface area contributed by atoms with E-state index in [2.05, 4.69) is 20.9 Å². The van der Waals surface area contributed by atoms with Gasteiger partial charge in [0.15, 0.2) is 4.80 Å². The molecule has 0 unspecified atom stereocenters. The molecule has 0 bridgehead atoms. The maximum atomic E-state index is 13.8. The maximum absolute atomic E-state index is 13.8. The molecule has 41 heavy (non-hydrogen) atoms. The van der Waals surface area contributed by atoms with Crippen molar-refractivity contribution in [1.82, 2.24) is 4.57 Å². The Bertz CT molecular complexity index is 1920. The first-order valence-corrected chi connectivity index (χ1v) is 13.8. The lowest BCUT2D eigenvalue weighted by atomic mass is 9.96. The molecule has 0 saturated heterocycles. The van der Waals surface area contributed by atoms with Crippen LogP contribution >= 0.6 is 27.3 Å². The van der Waals surface area contributed by atoms with Crippen molar-refractivity contribution < 1.29 is 28.0 Å². The molecule has 210 valence electrons. The van der Waals surface area contributed by atoms with Gasteiger partial charge >= 0.3 is 11.7 Å². The highest BCUT2D eigenvalue weighted by Crippen LogP contribution is 2.35. The second-order valence-electron chi connectivity index (χ2n) is 8.82. The highest BCUT2D eigenvalue weighted by atomic mass is 79.9. The lowest BCUT2D eigenvalue weighted by molar-refractivity contribution is -0.387. The van der Waals surface area contributed by atoms with E-state index in [9.17, 15) is 24.1 Å². The second-order valence-corrected chi connectivity index (χ2v) is 10.7. The van der Waals surface area contributed by atoms with Crippen molar-refractivity contribution in [3.8, 4) is 17.1 Å². The van der Waals surface area contributed by atoms with Crippen LogP contribution < -0.4 is 19.6 Å². The fourth-order valence-corrected chi connectivity index (χ4v) is 6.07. The van der Waals surface area contributed by atoms with Crippen LogP contribution in [0.3, 0.4) is 0 Å². The highest BCUT2D eigenvalue weighted by Gasteiger charge is 2.33. The predicted molar refractivity (Wildman–Crippen MR) is 152 cm³/mol. The van der Waals surface area contributed by atoms with E-state index in [-0.39, 0.29) is 22.5 Å². The van der Waals surface area contributed by atoms with Gasteiger partial charge in [0.2, 0.25) is 5.82 Å². The third-order valence-electron chi connectivity index (χ3n) is 6.34. The first kappa shape index (κ1) is 28.2. The molecule has 4 aromatic rings. The Morgan fingerprint density at radius 3 is 2.73 bits per heavy atom. The first-order valence-electron chi connectivity index (χ1n) is 12.2. The SMILES string of the molecule is CCOC(=O)C1=C(C)N=c2s/c(=C\c3ccc(-c4ccc(F)c([N+](=O)[O-])c4)o3)c(=O)n2[C@H]1c1ccc(OC)c(Br)c1. The molecule has 1 aliphatic rings. The van der Waals surface area contributed by atoms with Crippen LogP contribution in [0.4, 0.5) is 10.1 Å². The average Bonchev–Trinajstić information content (AvgIpc) is 3.52. The molecule has 5 rings (SSSR count). The minimum atomic E-state index is -0.956. The van der Waals surface area contributed by atoms with E-state index in [0.29, 0.717) is 37.6 Å². The van der Waals surface area contributed by atoms with Crippen LogP contribution in [0.15, 0.2) is 78.5 Å². The molecule has 2 aromatic heterocycles. The van der Waals surface area contributed by atoms with Crippen LogP contribution in [0.25, 0.3) is 17.4 Å². The Kier molecular flexibility index (Phi) is 7.74.